The average Bonchev–Trinajstić information content (AvgIpc) is 2.61. The van der Waals surface area contributed by atoms with Crippen molar-refractivity contribution < 1.29 is 9.53 Å². The topological polar surface area (TPSA) is 57.7 Å². The van der Waals surface area contributed by atoms with E-state index in [0.717, 1.165) is 32.0 Å². The Morgan fingerprint density at radius 1 is 1.39 bits per heavy atom. The number of rotatable bonds is 7. The molecule has 2 rings (SSSR count). The van der Waals surface area contributed by atoms with Crippen molar-refractivity contribution in [3.63, 3.8) is 0 Å². The number of morpholine rings is 1. The van der Waals surface area contributed by atoms with Crippen molar-refractivity contribution >= 4 is 11.7 Å². The molecule has 1 aliphatic heterocycles. The first-order valence-electron chi connectivity index (χ1n) is 8.47. The molecule has 1 fully saturated rings. The average molecular weight is 320 g/mol. The van der Waals surface area contributed by atoms with E-state index in [9.17, 15) is 4.79 Å². The van der Waals surface area contributed by atoms with Gasteiger partial charge in [-0.15, -0.1) is 0 Å². The van der Waals surface area contributed by atoms with E-state index in [2.05, 4.69) is 40.9 Å². The van der Waals surface area contributed by atoms with Crippen molar-refractivity contribution in [1.82, 2.24) is 15.2 Å². The Balaban J connectivity index is 2.02. The van der Waals surface area contributed by atoms with Crippen LogP contribution in [0.1, 0.15) is 31.1 Å². The van der Waals surface area contributed by atoms with E-state index < -0.39 is 0 Å². The van der Waals surface area contributed by atoms with Gasteiger partial charge in [-0.25, -0.2) is 4.98 Å². The van der Waals surface area contributed by atoms with Gasteiger partial charge in [0.25, 0.3) is 5.91 Å². The minimum atomic E-state index is -0.0569. The number of likely N-dealkylation sites (N-methyl/N-ethyl adjacent to an activating group) is 1. The summed E-state index contributed by atoms with van der Waals surface area (Å²) in [4.78, 5) is 21.4. The summed E-state index contributed by atoms with van der Waals surface area (Å²) in [5.74, 6) is 0.697. The predicted molar refractivity (Wildman–Crippen MR) is 92.0 cm³/mol. The van der Waals surface area contributed by atoms with Crippen molar-refractivity contribution in [2.45, 2.75) is 26.8 Å². The van der Waals surface area contributed by atoms with Crippen LogP contribution in [0.25, 0.3) is 0 Å². The minimum absolute atomic E-state index is 0.0569. The van der Waals surface area contributed by atoms with Gasteiger partial charge in [0.1, 0.15) is 5.82 Å². The van der Waals surface area contributed by atoms with Gasteiger partial charge in [0.05, 0.1) is 18.8 Å². The maximum atomic E-state index is 12.6. The first-order chi connectivity index (χ1) is 11.2. The molecule has 0 aromatic carbocycles. The van der Waals surface area contributed by atoms with Gasteiger partial charge in [0.15, 0.2) is 0 Å². The van der Waals surface area contributed by atoms with Crippen LogP contribution in [0, 0.1) is 0 Å². The molecule has 1 amide bonds. The molecule has 0 bridgehead atoms. The molecular formula is C17H28N4O2. The van der Waals surface area contributed by atoms with Crippen molar-refractivity contribution in [1.29, 1.82) is 0 Å². The number of hydrogen-bond donors (Lipinski definition) is 1. The number of carbonyl (C=O) groups is 1. The van der Waals surface area contributed by atoms with E-state index in [1.54, 1.807) is 6.20 Å². The van der Waals surface area contributed by atoms with Crippen molar-refractivity contribution in [2.75, 3.05) is 50.8 Å². The van der Waals surface area contributed by atoms with Crippen molar-refractivity contribution in [2.24, 2.45) is 0 Å². The summed E-state index contributed by atoms with van der Waals surface area (Å²) in [7, 11) is 0. The van der Waals surface area contributed by atoms with Gasteiger partial charge < -0.3 is 15.0 Å². The van der Waals surface area contributed by atoms with E-state index in [1.807, 2.05) is 12.1 Å². The maximum Gasteiger partial charge on any atom is 0.255 e. The quantitative estimate of drug-likeness (QED) is 0.822. The highest BCUT2D eigenvalue weighted by molar-refractivity contribution is 5.98. The van der Waals surface area contributed by atoms with E-state index in [4.69, 9.17) is 4.74 Å². The number of anilines is 1. The Labute approximate surface area is 138 Å². The Hall–Kier alpha value is -1.66. The van der Waals surface area contributed by atoms with E-state index in [1.165, 1.54) is 0 Å². The van der Waals surface area contributed by atoms with E-state index in [0.29, 0.717) is 31.4 Å². The summed E-state index contributed by atoms with van der Waals surface area (Å²) in [5.41, 5.74) is 0.640. The molecule has 6 heteroatoms. The first kappa shape index (κ1) is 17.7. The molecule has 0 radical (unpaired) electrons. The molecule has 1 atom stereocenters. The van der Waals surface area contributed by atoms with Gasteiger partial charge in [-0.2, -0.15) is 0 Å². The maximum absolute atomic E-state index is 12.6. The normalized spacial score (nSPS) is 16.4. The lowest BCUT2D eigenvalue weighted by atomic mass is 10.2. The molecule has 128 valence electrons. The SMILES string of the molecule is CCN(CC)[C@H](C)CNC(=O)c1cccnc1N1CCOCC1. The molecule has 0 spiro atoms. The summed E-state index contributed by atoms with van der Waals surface area (Å²) in [6.45, 7) is 11.9. The third kappa shape index (κ3) is 4.65. The van der Waals surface area contributed by atoms with Crippen LogP contribution in [0.2, 0.25) is 0 Å². The highest BCUT2D eigenvalue weighted by atomic mass is 16.5. The monoisotopic (exact) mass is 320 g/mol. The fourth-order valence-corrected chi connectivity index (χ4v) is 2.91. The lowest BCUT2D eigenvalue weighted by Gasteiger charge is -2.29. The Morgan fingerprint density at radius 2 is 2.09 bits per heavy atom. The lowest BCUT2D eigenvalue weighted by Crippen LogP contribution is -2.43. The highest BCUT2D eigenvalue weighted by Crippen LogP contribution is 2.18. The van der Waals surface area contributed by atoms with Crippen LogP contribution in [0.4, 0.5) is 5.82 Å². The van der Waals surface area contributed by atoms with Crippen LogP contribution in [0.15, 0.2) is 18.3 Å². The summed E-state index contributed by atoms with van der Waals surface area (Å²) in [6, 6.07) is 3.97. The predicted octanol–water partition coefficient (Wildman–Crippen LogP) is 1.38. The van der Waals surface area contributed by atoms with Crippen LogP contribution >= 0.6 is 0 Å². The molecule has 1 saturated heterocycles. The number of ether oxygens (including phenoxy) is 1. The Morgan fingerprint density at radius 3 is 2.74 bits per heavy atom. The molecule has 23 heavy (non-hydrogen) atoms. The molecule has 0 aliphatic carbocycles. The Kier molecular flexibility index (Phi) is 6.80. The molecule has 1 aromatic rings. The molecule has 0 saturated carbocycles. The molecule has 1 aliphatic rings. The number of nitrogens with zero attached hydrogens (tertiary/aromatic N) is 3. The summed E-state index contributed by atoms with van der Waals surface area (Å²) in [5, 5.41) is 3.05. The summed E-state index contributed by atoms with van der Waals surface area (Å²) in [6.07, 6.45) is 1.74. The van der Waals surface area contributed by atoms with Crippen LogP contribution in [0.5, 0.6) is 0 Å². The number of aromatic nitrogens is 1. The van der Waals surface area contributed by atoms with Gasteiger partial charge in [0.2, 0.25) is 0 Å². The molecular weight excluding hydrogens is 292 g/mol. The second-order valence-corrected chi connectivity index (χ2v) is 5.75. The van der Waals surface area contributed by atoms with E-state index >= 15 is 0 Å². The number of pyridine rings is 1. The zero-order chi connectivity index (χ0) is 16.7. The number of hydrogen-bond acceptors (Lipinski definition) is 5. The number of carbonyl (C=O) groups excluding carboxylic acids is 1. The zero-order valence-electron chi connectivity index (χ0n) is 14.4. The zero-order valence-corrected chi connectivity index (χ0v) is 14.4. The van der Waals surface area contributed by atoms with Crippen LogP contribution in [-0.2, 0) is 4.74 Å². The van der Waals surface area contributed by atoms with Crippen LogP contribution < -0.4 is 10.2 Å². The van der Waals surface area contributed by atoms with Gasteiger partial charge >= 0.3 is 0 Å². The van der Waals surface area contributed by atoms with Gasteiger partial charge in [-0.3, -0.25) is 9.69 Å². The largest absolute Gasteiger partial charge is 0.378 e. The fourth-order valence-electron chi connectivity index (χ4n) is 2.91. The first-order valence-corrected chi connectivity index (χ1v) is 8.47. The van der Waals surface area contributed by atoms with Gasteiger partial charge in [-0.1, -0.05) is 13.8 Å². The Bertz CT molecular complexity index is 499. The minimum Gasteiger partial charge on any atom is -0.378 e. The smallest absolute Gasteiger partial charge is 0.255 e. The number of nitrogens with one attached hydrogen (secondary N) is 1. The fraction of sp³-hybridized carbons (Fsp3) is 0.647. The molecule has 1 N–H and O–H groups in total. The van der Waals surface area contributed by atoms with Crippen LogP contribution in [0.3, 0.4) is 0 Å². The van der Waals surface area contributed by atoms with Crippen LogP contribution in [-0.4, -0.2) is 67.8 Å². The third-order valence-corrected chi connectivity index (χ3v) is 4.34. The molecule has 1 aromatic heterocycles. The summed E-state index contributed by atoms with van der Waals surface area (Å²) >= 11 is 0. The molecule has 2 heterocycles. The van der Waals surface area contributed by atoms with Crippen molar-refractivity contribution in [3.05, 3.63) is 23.9 Å². The lowest BCUT2D eigenvalue weighted by molar-refractivity contribution is 0.0936. The van der Waals surface area contributed by atoms with Crippen molar-refractivity contribution in [3.8, 4) is 0 Å². The molecule has 6 nitrogen and oxygen atoms in total. The standard InChI is InChI=1S/C17H28N4O2/c1-4-20(5-2)14(3)13-19-17(22)15-7-6-8-18-16(15)21-9-11-23-12-10-21/h6-8,14H,4-5,9-13H2,1-3H3,(H,19,22)/t14-/m1/s1. The highest BCUT2D eigenvalue weighted by Gasteiger charge is 2.20. The second kappa shape index (κ2) is 8.84. The summed E-state index contributed by atoms with van der Waals surface area (Å²) < 4.78 is 5.38. The van der Waals surface area contributed by atoms with Gasteiger partial charge in [0, 0.05) is 31.9 Å². The molecule has 0 unspecified atom stereocenters. The third-order valence-electron chi connectivity index (χ3n) is 4.34. The van der Waals surface area contributed by atoms with E-state index in [-0.39, 0.29) is 5.91 Å². The second-order valence-electron chi connectivity index (χ2n) is 5.75. The van der Waals surface area contributed by atoms with Gasteiger partial charge in [-0.05, 0) is 32.1 Å². The number of amides is 1.